The van der Waals surface area contributed by atoms with Crippen LogP contribution in [0, 0.1) is 6.92 Å². The van der Waals surface area contributed by atoms with E-state index in [9.17, 15) is 9.59 Å². The van der Waals surface area contributed by atoms with Crippen molar-refractivity contribution in [2.45, 2.75) is 38.6 Å². The summed E-state index contributed by atoms with van der Waals surface area (Å²) in [5.41, 5.74) is 3.91. The van der Waals surface area contributed by atoms with Gasteiger partial charge in [0.25, 0.3) is 5.56 Å². The minimum absolute atomic E-state index is 0.00799. The maximum Gasteiger partial charge on any atom is 0.261 e. The first-order valence-corrected chi connectivity index (χ1v) is 11.8. The molecule has 1 saturated carbocycles. The molecule has 5 rings (SSSR count). The smallest absolute Gasteiger partial charge is 0.261 e. The third kappa shape index (κ3) is 4.64. The maximum absolute atomic E-state index is 13.0. The molecule has 2 heterocycles. The lowest BCUT2D eigenvalue weighted by Gasteiger charge is -2.35. The molecule has 7 heteroatoms. The van der Waals surface area contributed by atoms with E-state index in [1.165, 1.54) is 5.69 Å². The van der Waals surface area contributed by atoms with Crippen LogP contribution in [0.1, 0.15) is 36.7 Å². The molecule has 172 valence electrons. The summed E-state index contributed by atoms with van der Waals surface area (Å²) in [4.78, 5) is 35.2. The van der Waals surface area contributed by atoms with Crippen molar-refractivity contribution in [2.24, 2.45) is 0 Å². The largest absolute Gasteiger partial charge is 0.369 e. The van der Waals surface area contributed by atoms with Gasteiger partial charge in [0.1, 0.15) is 5.82 Å². The highest BCUT2D eigenvalue weighted by Crippen LogP contribution is 2.35. The van der Waals surface area contributed by atoms with E-state index >= 15 is 0 Å². The van der Waals surface area contributed by atoms with Crippen LogP contribution in [0.3, 0.4) is 0 Å². The molecule has 1 saturated heterocycles. The summed E-state index contributed by atoms with van der Waals surface area (Å²) in [5.74, 6) is 0.643. The highest BCUT2D eigenvalue weighted by Gasteiger charge is 2.28. The first kappa shape index (κ1) is 21.6. The number of piperazine rings is 1. The number of anilines is 2. The van der Waals surface area contributed by atoms with Gasteiger partial charge in [-0.1, -0.05) is 12.1 Å². The summed E-state index contributed by atoms with van der Waals surface area (Å²) in [5, 5.41) is 3.67. The number of para-hydroxylation sites is 1. The second-order valence-corrected chi connectivity index (χ2v) is 9.29. The highest BCUT2D eigenvalue weighted by atomic mass is 16.1. The van der Waals surface area contributed by atoms with Gasteiger partial charge in [-0.2, -0.15) is 0 Å². The van der Waals surface area contributed by atoms with Gasteiger partial charge in [0.15, 0.2) is 0 Å². The Morgan fingerprint density at radius 2 is 1.85 bits per heavy atom. The SMILES string of the molecule is Cc1cc(NC(=O)CCc2nc3ccccc3c(=O)n2C2CC2)ccc1N1CCN(C)CC1. The second-order valence-electron chi connectivity index (χ2n) is 9.29. The number of carbonyl (C=O) groups excluding carboxylic acids is 1. The quantitative estimate of drug-likeness (QED) is 0.630. The van der Waals surface area contributed by atoms with Crippen LogP contribution in [-0.4, -0.2) is 53.6 Å². The van der Waals surface area contributed by atoms with Gasteiger partial charge in [0.05, 0.1) is 10.9 Å². The maximum atomic E-state index is 13.0. The van der Waals surface area contributed by atoms with Gasteiger partial charge >= 0.3 is 0 Å². The summed E-state index contributed by atoms with van der Waals surface area (Å²) in [6, 6.07) is 13.8. The van der Waals surface area contributed by atoms with Crippen molar-refractivity contribution in [3.8, 4) is 0 Å². The van der Waals surface area contributed by atoms with Crippen LogP contribution in [0.15, 0.2) is 47.3 Å². The van der Waals surface area contributed by atoms with Crippen LogP contribution >= 0.6 is 0 Å². The third-order valence-electron chi connectivity index (χ3n) is 6.69. The predicted molar refractivity (Wildman–Crippen MR) is 132 cm³/mol. The Morgan fingerprint density at radius 3 is 2.58 bits per heavy atom. The second kappa shape index (κ2) is 8.98. The number of aromatic nitrogens is 2. The van der Waals surface area contributed by atoms with Crippen LogP contribution in [0.4, 0.5) is 11.4 Å². The van der Waals surface area contributed by atoms with Gasteiger partial charge in [0.2, 0.25) is 5.91 Å². The van der Waals surface area contributed by atoms with Crippen molar-refractivity contribution in [1.29, 1.82) is 0 Å². The first-order chi connectivity index (χ1) is 16.0. The third-order valence-corrected chi connectivity index (χ3v) is 6.69. The van der Waals surface area contributed by atoms with E-state index in [0.717, 1.165) is 50.3 Å². The summed E-state index contributed by atoms with van der Waals surface area (Å²) in [6.07, 6.45) is 2.73. The molecular weight excluding hydrogens is 414 g/mol. The molecule has 1 aliphatic carbocycles. The number of rotatable bonds is 6. The van der Waals surface area contributed by atoms with Gasteiger partial charge in [0, 0.05) is 56.4 Å². The summed E-state index contributed by atoms with van der Waals surface area (Å²) in [7, 11) is 2.15. The predicted octanol–water partition coefficient (Wildman–Crippen LogP) is 3.36. The number of amides is 1. The number of aryl methyl sites for hydroxylation is 2. The Kier molecular flexibility index (Phi) is 5.89. The average Bonchev–Trinajstić information content (AvgIpc) is 3.64. The highest BCUT2D eigenvalue weighted by molar-refractivity contribution is 5.91. The molecule has 0 bridgehead atoms. The molecule has 1 aliphatic heterocycles. The number of benzene rings is 2. The standard InChI is InChI=1S/C26H31N5O2/c1-18-17-19(7-10-23(18)30-15-13-29(2)14-16-30)27-25(32)12-11-24-28-22-6-4-3-5-21(22)26(33)31(24)20-8-9-20/h3-7,10,17,20H,8-9,11-16H2,1-2H3,(H,27,32). The fourth-order valence-corrected chi connectivity index (χ4v) is 4.66. The molecule has 1 amide bonds. The van der Waals surface area contributed by atoms with Crippen molar-refractivity contribution in [1.82, 2.24) is 14.5 Å². The molecule has 1 aromatic heterocycles. The molecule has 0 unspecified atom stereocenters. The molecule has 7 nitrogen and oxygen atoms in total. The van der Waals surface area contributed by atoms with Crippen LogP contribution in [0.5, 0.6) is 0 Å². The van der Waals surface area contributed by atoms with Gasteiger partial charge in [-0.3, -0.25) is 14.2 Å². The fourth-order valence-electron chi connectivity index (χ4n) is 4.66. The zero-order valence-electron chi connectivity index (χ0n) is 19.4. The fraction of sp³-hybridized carbons (Fsp3) is 0.423. The van der Waals surface area contributed by atoms with Gasteiger partial charge < -0.3 is 15.1 Å². The van der Waals surface area contributed by atoms with Gasteiger partial charge in [-0.05, 0) is 62.7 Å². The van der Waals surface area contributed by atoms with Crippen LogP contribution in [-0.2, 0) is 11.2 Å². The summed E-state index contributed by atoms with van der Waals surface area (Å²) in [6.45, 7) is 6.25. The number of nitrogens with zero attached hydrogens (tertiary/aromatic N) is 4. The Bertz CT molecular complexity index is 1240. The zero-order chi connectivity index (χ0) is 22.9. The van der Waals surface area contributed by atoms with E-state index < -0.39 is 0 Å². The number of hydrogen-bond acceptors (Lipinski definition) is 5. The molecule has 0 radical (unpaired) electrons. The van der Waals surface area contributed by atoms with E-state index in [1.807, 2.05) is 41.0 Å². The lowest BCUT2D eigenvalue weighted by atomic mass is 10.1. The molecule has 0 spiro atoms. The van der Waals surface area contributed by atoms with E-state index in [-0.39, 0.29) is 23.9 Å². The van der Waals surface area contributed by atoms with E-state index in [2.05, 4.69) is 35.2 Å². The van der Waals surface area contributed by atoms with Crippen molar-refractivity contribution in [3.63, 3.8) is 0 Å². The Morgan fingerprint density at radius 1 is 1.09 bits per heavy atom. The van der Waals surface area contributed by atoms with Crippen molar-refractivity contribution in [2.75, 3.05) is 43.4 Å². The van der Waals surface area contributed by atoms with E-state index in [1.54, 1.807) is 0 Å². The number of nitrogens with one attached hydrogen (secondary N) is 1. The monoisotopic (exact) mass is 445 g/mol. The van der Waals surface area contributed by atoms with Crippen molar-refractivity contribution in [3.05, 3.63) is 64.2 Å². The molecule has 2 fully saturated rings. The van der Waals surface area contributed by atoms with Crippen molar-refractivity contribution < 1.29 is 4.79 Å². The number of hydrogen-bond donors (Lipinski definition) is 1. The van der Waals surface area contributed by atoms with Crippen LogP contribution in [0.2, 0.25) is 0 Å². The molecule has 2 aromatic carbocycles. The van der Waals surface area contributed by atoms with Crippen LogP contribution in [0.25, 0.3) is 10.9 Å². The van der Waals surface area contributed by atoms with Gasteiger partial charge in [-0.25, -0.2) is 4.98 Å². The minimum atomic E-state index is -0.0634. The lowest BCUT2D eigenvalue weighted by Crippen LogP contribution is -2.44. The number of likely N-dealkylation sites (N-methyl/N-ethyl adjacent to an activating group) is 1. The molecular formula is C26H31N5O2. The molecule has 1 N–H and O–H groups in total. The lowest BCUT2D eigenvalue weighted by molar-refractivity contribution is -0.116. The summed E-state index contributed by atoms with van der Waals surface area (Å²) < 4.78 is 1.81. The van der Waals surface area contributed by atoms with Crippen molar-refractivity contribution >= 4 is 28.2 Å². The Balaban J connectivity index is 1.27. The first-order valence-electron chi connectivity index (χ1n) is 11.8. The van der Waals surface area contributed by atoms with E-state index in [0.29, 0.717) is 23.1 Å². The normalized spacial score (nSPS) is 16.8. The number of fused-ring (bicyclic) bond motifs is 1. The Hall–Kier alpha value is -3.19. The van der Waals surface area contributed by atoms with Gasteiger partial charge in [-0.15, -0.1) is 0 Å². The van der Waals surface area contributed by atoms with E-state index in [4.69, 9.17) is 4.98 Å². The zero-order valence-corrected chi connectivity index (χ0v) is 19.4. The topological polar surface area (TPSA) is 70.5 Å². The molecule has 0 atom stereocenters. The summed E-state index contributed by atoms with van der Waals surface area (Å²) >= 11 is 0. The molecule has 33 heavy (non-hydrogen) atoms. The molecule has 3 aromatic rings. The van der Waals surface area contributed by atoms with Crippen LogP contribution < -0.4 is 15.8 Å². The minimum Gasteiger partial charge on any atom is -0.369 e. The Labute approximate surface area is 194 Å². The molecule has 2 aliphatic rings. The number of carbonyl (C=O) groups is 1. The average molecular weight is 446 g/mol.